The van der Waals surface area contributed by atoms with E-state index in [2.05, 4.69) is 10.2 Å². The number of piperidine rings is 1. The van der Waals surface area contributed by atoms with Crippen LogP contribution in [-0.2, 0) is 4.74 Å². The Morgan fingerprint density at radius 3 is 2.75 bits per heavy atom. The van der Waals surface area contributed by atoms with Crippen molar-refractivity contribution in [1.29, 1.82) is 0 Å². The Bertz CT molecular complexity index is 320. The Balaban J connectivity index is 1.41. The lowest BCUT2D eigenvalue weighted by Gasteiger charge is -2.46. The van der Waals surface area contributed by atoms with Gasteiger partial charge in [0.25, 0.3) is 0 Å². The van der Waals surface area contributed by atoms with Crippen molar-refractivity contribution in [1.82, 2.24) is 10.2 Å². The smallest absolute Gasteiger partial charge is 0.0697 e. The Hall–Kier alpha value is -0.120. The summed E-state index contributed by atoms with van der Waals surface area (Å²) in [5.74, 6) is 0.925. The van der Waals surface area contributed by atoms with E-state index in [1.165, 1.54) is 77.4 Å². The van der Waals surface area contributed by atoms with Crippen molar-refractivity contribution in [2.75, 3.05) is 26.2 Å². The van der Waals surface area contributed by atoms with Crippen LogP contribution in [0.4, 0.5) is 0 Å². The molecule has 1 saturated carbocycles. The highest BCUT2D eigenvalue weighted by Crippen LogP contribution is 2.41. The van der Waals surface area contributed by atoms with Gasteiger partial charge in [-0.25, -0.2) is 0 Å². The molecule has 3 nitrogen and oxygen atoms in total. The van der Waals surface area contributed by atoms with E-state index >= 15 is 0 Å². The SMILES string of the molecule is C1CCC2(CC1)CC(N1C[C@@H]3CCCN[C@@H]3C1)CCO2. The molecule has 1 aliphatic carbocycles. The molecule has 1 spiro atoms. The van der Waals surface area contributed by atoms with E-state index in [1.807, 2.05) is 0 Å². The highest BCUT2D eigenvalue weighted by molar-refractivity contribution is 4.98. The number of hydrogen-bond donors (Lipinski definition) is 1. The zero-order chi connectivity index (χ0) is 13.4. The van der Waals surface area contributed by atoms with Crippen LogP contribution < -0.4 is 5.32 Å². The van der Waals surface area contributed by atoms with Crippen LogP contribution in [0.25, 0.3) is 0 Å². The van der Waals surface area contributed by atoms with Gasteiger partial charge in [0, 0.05) is 31.8 Å². The first kappa shape index (κ1) is 13.5. The summed E-state index contributed by atoms with van der Waals surface area (Å²) in [5, 5.41) is 3.75. The molecule has 0 aromatic carbocycles. The van der Waals surface area contributed by atoms with Gasteiger partial charge < -0.3 is 10.1 Å². The van der Waals surface area contributed by atoms with Crippen molar-refractivity contribution in [3.8, 4) is 0 Å². The van der Waals surface area contributed by atoms with Crippen molar-refractivity contribution in [3.63, 3.8) is 0 Å². The predicted molar refractivity (Wildman–Crippen MR) is 80.9 cm³/mol. The Morgan fingerprint density at radius 2 is 1.90 bits per heavy atom. The highest BCUT2D eigenvalue weighted by Gasteiger charge is 2.43. The van der Waals surface area contributed by atoms with Crippen LogP contribution in [0.15, 0.2) is 0 Å². The zero-order valence-corrected chi connectivity index (χ0v) is 12.8. The zero-order valence-electron chi connectivity index (χ0n) is 12.8. The van der Waals surface area contributed by atoms with E-state index < -0.39 is 0 Å². The molecule has 0 amide bonds. The number of rotatable bonds is 1. The number of ether oxygens (including phenoxy) is 1. The molecule has 3 atom stereocenters. The summed E-state index contributed by atoms with van der Waals surface area (Å²) in [6, 6.07) is 1.59. The third-order valence-electron chi connectivity index (χ3n) is 6.38. The van der Waals surface area contributed by atoms with E-state index in [0.29, 0.717) is 0 Å². The molecule has 0 aromatic rings. The van der Waals surface area contributed by atoms with Gasteiger partial charge in [-0.2, -0.15) is 0 Å². The van der Waals surface area contributed by atoms with Crippen molar-refractivity contribution >= 4 is 0 Å². The second kappa shape index (κ2) is 5.58. The molecular weight excluding hydrogens is 248 g/mol. The summed E-state index contributed by atoms with van der Waals surface area (Å²) in [5.41, 5.74) is 0.266. The van der Waals surface area contributed by atoms with E-state index in [9.17, 15) is 0 Å². The van der Waals surface area contributed by atoms with Crippen molar-refractivity contribution < 1.29 is 4.74 Å². The molecule has 3 aliphatic heterocycles. The molecule has 4 rings (SSSR count). The number of fused-ring (bicyclic) bond motifs is 1. The minimum atomic E-state index is 0.266. The lowest BCUT2D eigenvalue weighted by molar-refractivity contribution is -0.122. The molecule has 0 aromatic heterocycles. The van der Waals surface area contributed by atoms with Crippen LogP contribution in [0.2, 0.25) is 0 Å². The maximum atomic E-state index is 6.27. The fourth-order valence-electron chi connectivity index (χ4n) is 5.24. The van der Waals surface area contributed by atoms with Gasteiger partial charge in [0.15, 0.2) is 0 Å². The molecule has 4 aliphatic rings. The van der Waals surface area contributed by atoms with Gasteiger partial charge in [0.05, 0.1) is 5.60 Å². The monoisotopic (exact) mass is 278 g/mol. The van der Waals surface area contributed by atoms with Crippen LogP contribution in [0.3, 0.4) is 0 Å². The topological polar surface area (TPSA) is 24.5 Å². The number of nitrogens with zero attached hydrogens (tertiary/aromatic N) is 1. The predicted octanol–water partition coefficient (Wildman–Crippen LogP) is 2.55. The second-order valence-corrected chi connectivity index (χ2v) is 7.66. The summed E-state index contributed by atoms with van der Waals surface area (Å²) in [4.78, 5) is 2.81. The summed E-state index contributed by atoms with van der Waals surface area (Å²) < 4.78 is 6.27. The summed E-state index contributed by atoms with van der Waals surface area (Å²) in [6.45, 7) is 4.89. The molecule has 0 bridgehead atoms. The summed E-state index contributed by atoms with van der Waals surface area (Å²) in [6.07, 6.45) is 12.3. The van der Waals surface area contributed by atoms with Crippen LogP contribution >= 0.6 is 0 Å². The second-order valence-electron chi connectivity index (χ2n) is 7.66. The van der Waals surface area contributed by atoms with Gasteiger partial charge >= 0.3 is 0 Å². The maximum absolute atomic E-state index is 6.27. The molecule has 3 heteroatoms. The maximum Gasteiger partial charge on any atom is 0.0697 e. The lowest BCUT2D eigenvalue weighted by atomic mass is 9.78. The average Bonchev–Trinajstić information content (AvgIpc) is 2.92. The average molecular weight is 278 g/mol. The van der Waals surface area contributed by atoms with E-state index in [0.717, 1.165) is 24.6 Å². The molecule has 3 heterocycles. The molecule has 20 heavy (non-hydrogen) atoms. The first-order valence-corrected chi connectivity index (χ1v) is 8.96. The van der Waals surface area contributed by atoms with Crippen LogP contribution in [0, 0.1) is 5.92 Å². The normalized spacial score (nSPS) is 41.7. The first-order chi connectivity index (χ1) is 9.85. The van der Waals surface area contributed by atoms with Crippen LogP contribution in [0.5, 0.6) is 0 Å². The van der Waals surface area contributed by atoms with E-state index in [4.69, 9.17) is 4.74 Å². The van der Waals surface area contributed by atoms with E-state index in [1.54, 1.807) is 0 Å². The Morgan fingerprint density at radius 1 is 1.00 bits per heavy atom. The van der Waals surface area contributed by atoms with Crippen LogP contribution in [0.1, 0.15) is 57.8 Å². The summed E-state index contributed by atoms with van der Waals surface area (Å²) >= 11 is 0. The van der Waals surface area contributed by atoms with Gasteiger partial charge in [-0.05, 0) is 51.0 Å². The van der Waals surface area contributed by atoms with Crippen molar-refractivity contribution in [2.45, 2.75) is 75.5 Å². The number of likely N-dealkylation sites (tertiary alicyclic amines) is 1. The van der Waals surface area contributed by atoms with Gasteiger partial charge in [-0.1, -0.05) is 19.3 Å². The van der Waals surface area contributed by atoms with Gasteiger partial charge in [0.1, 0.15) is 0 Å². The molecule has 4 fully saturated rings. The fourth-order valence-corrected chi connectivity index (χ4v) is 5.24. The Labute approximate surface area is 123 Å². The molecule has 1 N–H and O–H groups in total. The molecular formula is C17H30N2O. The van der Waals surface area contributed by atoms with Crippen molar-refractivity contribution in [2.24, 2.45) is 5.92 Å². The lowest BCUT2D eigenvalue weighted by Crippen LogP contribution is -2.49. The van der Waals surface area contributed by atoms with Crippen LogP contribution in [-0.4, -0.2) is 48.8 Å². The highest BCUT2D eigenvalue weighted by atomic mass is 16.5. The Kier molecular flexibility index (Phi) is 3.78. The molecule has 3 saturated heterocycles. The fraction of sp³-hybridized carbons (Fsp3) is 1.00. The molecule has 0 radical (unpaired) electrons. The number of nitrogens with one attached hydrogen (secondary N) is 1. The van der Waals surface area contributed by atoms with Gasteiger partial charge in [-0.15, -0.1) is 0 Å². The third kappa shape index (κ3) is 2.53. The summed E-state index contributed by atoms with van der Waals surface area (Å²) in [7, 11) is 0. The molecule has 114 valence electrons. The largest absolute Gasteiger partial charge is 0.375 e. The minimum Gasteiger partial charge on any atom is -0.375 e. The van der Waals surface area contributed by atoms with Gasteiger partial charge in [0.2, 0.25) is 0 Å². The van der Waals surface area contributed by atoms with Gasteiger partial charge in [-0.3, -0.25) is 4.90 Å². The third-order valence-corrected chi connectivity index (χ3v) is 6.38. The molecule has 1 unspecified atom stereocenters. The first-order valence-electron chi connectivity index (χ1n) is 8.96. The standard InChI is InChI=1S/C17H30N2O/c1-2-7-17(8-3-1)11-15(6-10-20-17)19-12-14-5-4-9-18-16(14)13-19/h14-16,18H,1-13H2/t14-,15?,16+/m0/s1. The van der Waals surface area contributed by atoms with Crippen molar-refractivity contribution in [3.05, 3.63) is 0 Å². The van der Waals surface area contributed by atoms with E-state index in [-0.39, 0.29) is 5.60 Å². The minimum absolute atomic E-state index is 0.266. The quantitative estimate of drug-likeness (QED) is 0.798. The number of hydrogen-bond acceptors (Lipinski definition) is 3.